The number of carbonyl (C=O) groups excluding carboxylic acids is 2. The fourth-order valence-electron chi connectivity index (χ4n) is 1.55. The van der Waals surface area contributed by atoms with E-state index in [1.807, 2.05) is 24.3 Å². The first kappa shape index (κ1) is 10.2. The summed E-state index contributed by atoms with van der Waals surface area (Å²) in [5.74, 6) is 0.434. The summed E-state index contributed by atoms with van der Waals surface area (Å²) >= 11 is 1.53. The molecular weight excluding hydrogens is 210 g/mol. The van der Waals surface area contributed by atoms with E-state index in [1.165, 1.54) is 18.7 Å². The molecule has 15 heavy (non-hydrogen) atoms. The van der Waals surface area contributed by atoms with Crippen LogP contribution in [0.1, 0.15) is 6.92 Å². The second kappa shape index (κ2) is 4.06. The molecule has 0 aliphatic carbocycles. The molecule has 0 fully saturated rings. The number of rotatable bonds is 2. The van der Waals surface area contributed by atoms with Crippen molar-refractivity contribution in [3.8, 4) is 0 Å². The first-order valence-corrected chi connectivity index (χ1v) is 5.68. The van der Waals surface area contributed by atoms with Crippen molar-refractivity contribution in [1.82, 2.24) is 0 Å². The third-order valence-electron chi connectivity index (χ3n) is 2.19. The molecule has 1 aromatic carbocycles. The number of anilines is 1. The number of amides is 1. The summed E-state index contributed by atoms with van der Waals surface area (Å²) in [6.45, 7) is 1.67. The molecule has 1 amide bonds. The summed E-state index contributed by atoms with van der Waals surface area (Å²) in [6, 6.07) is 7.67. The van der Waals surface area contributed by atoms with E-state index in [9.17, 15) is 9.59 Å². The highest BCUT2D eigenvalue weighted by molar-refractivity contribution is 8.00. The number of Topliss-reactive ketones (excluding diaryl/α,β-unsaturated/α-hetero) is 1. The van der Waals surface area contributed by atoms with Crippen LogP contribution in [0, 0.1) is 0 Å². The molecule has 0 bridgehead atoms. The zero-order valence-electron chi connectivity index (χ0n) is 8.40. The molecule has 0 radical (unpaired) electrons. The van der Waals surface area contributed by atoms with Gasteiger partial charge in [-0.1, -0.05) is 12.1 Å². The lowest BCUT2D eigenvalue weighted by atomic mass is 10.2. The van der Waals surface area contributed by atoms with Gasteiger partial charge in [0.1, 0.15) is 5.78 Å². The molecule has 0 saturated heterocycles. The van der Waals surface area contributed by atoms with Gasteiger partial charge < -0.3 is 4.90 Å². The highest BCUT2D eigenvalue weighted by Gasteiger charge is 2.24. The first-order chi connectivity index (χ1) is 7.18. The van der Waals surface area contributed by atoms with Crippen LogP contribution in [0.15, 0.2) is 29.2 Å². The SMILES string of the molecule is CC(=O)CN1C(=O)CSc2ccccc21. The normalized spacial score (nSPS) is 15.0. The third kappa shape index (κ3) is 2.04. The van der Waals surface area contributed by atoms with Crippen molar-refractivity contribution in [2.45, 2.75) is 11.8 Å². The van der Waals surface area contributed by atoms with Gasteiger partial charge in [-0.05, 0) is 19.1 Å². The van der Waals surface area contributed by atoms with Crippen molar-refractivity contribution < 1.29 is 9.59 Å². The van der Waals surface area contributed by atoms with Gasteiger partial charge in [-0.3, -0.25) is 9.59 Å². The molecule has 1 heterocycles. The molecule has 2 rings (SSSR count). The van der Waals surface area contributed by atoms with Crippen LogP contribution in [0.4, 0.5) is 5.69 Å². The van der Waals surface area contributed by atoms with Crippen molar-refractivity contribution in [3.63, 3.8) is 0 Å². The highest BCUT2D eigenvalue weighted by atomic mass is 32.2. The third-order valence-corrected chi connectivity index (χ3v) is 3.24. The maximum Gasteiger partial charge on any atom is 0.237 e. The number of benzene rings is 1. The molecule has 1 aliphatic heterocycles. The first-order valence-electron chi connectivity index (χ1n) is 4.70. The van der Waals surface area contributed by atoms with Crippen LogP contribution in [0.3, 0.4) is 0 Å². The quantitative estimate of drug-likeness (QED) is 0.763. The predicted octanol–water partition coefficient (Wildman–Crippen LogP) is 1.71. The van der Waals surface area contributed by atoms with Crippen molar-refractivity contribution in [2.75, 3.05) is 17.2 Å². The minimum atomic E-state index is 0.00468. The van der Waals surface area contributed by atoms with E-state index in [0.717, 1.165) is 10.6 Å². The lowest BCUT2D eigenvalue weighted by Gasteiger charge is -2.27. The van der Waals surface area contributed by atoms with Crippen LogP contribution in [0.5, 0.6) is 0 Å². The van der Waals surface area contributed by atoms with E-state index in [2.05, 4.69) is 0 Å². The summed E-state index contributed by atoms with van der Waals surface area (Å²) in [5.41, 5.74) is 0.856. The maximum atomic E-state index is 11.6. The van der Waals surface area contributed by atoms with Crippen LogP contribution in [0.25, 0.3) is 0 Å². The zero-order chi connectivity index (χ0) is 10.8. The van der Waals surface area contributed by atoms with Gasteiger partial charge >= 0.3 is 0 Å². The molecule has 0 atom stereocenters. The lowest BCUT2D eigenvalue weighted by Crippen LogP contribution is -2.38. The summed E-state index contributed by atoms with van der Waals surface area (Å²) in [4.78, 5) is 25.3. The zero-order valence-corrected chi connectivity index (χ0v) is 9.21. The fourth-order valence-corrected chi connectivity index (χ4v) is 2.49. The molecule has 3 nitrogen and oxygen atoms in total. The number of carbonyl (C=O) groups is 2. The van der Waals surface area contributed by atoms with Gasteiger partial charge in [0, 0.05) is 4.90 Å². The van der Waals surface area contributed by atoms with Gasteiger partial charge in [-0.25, -0.2) is 0 Å². The number of thioether (sulfide) groups is 1. The Hall–Kier alpha value is -1.29. The molecule has 0 spiro atoms. The Morgan fingerprint density at radius 2 is 2.20 bits per heavy atom. The van der Waals surface area contributed by atoms with Gasteiger partial charge in [0.25, 0.3) is 0 Å². The number of hydrogen-bond acceptors (Lipinski definition) is 3. The van der Waals surface area contributed by atoms with Crippen molar-refractivity contribution in [1.29, 1.82) is 0 Å². The van der Waals surface area contributed by atoms with Crippen LogP contribution in [-0.2, 0) is 9.59 Å². The van der Waals surface area contributed by atoms with E-state index in [-0.39, 0.29) is 18.2 Å². The molecule has 1 aliphatic rings. The molecule has 0 unspecified atom stereocenters. The molecule has 4 heteroatoms. The summed E-state index contributed by atoms with van der Waals surface area (Å²) in [6.07, 6.45) is 0. The number of hydrogen-bond donors (Lipinski definition) is 0. The number of nitrogens with zero attached hydrogens (tertiary/aromatic N) is 1. The summed E-state index contributed by atoms with van der Waals surface area (Å²) < 4.78 is 0. The summed E-state index contributed by atoms with van der Waals surface area (Å²) in [5, 5.41) is 0. The van der Waals surface area contributed by atoms with Gasteiger partial charge in [0.15, 0.2) is 0 Å². The van der Waals surface area contributed by atoms with Gasteiger partial charge in [0.05, 0.1) is 18.0 Å². The number of fused-ring (bicyclic) bond motifs is 1. The molecule has 0 saturated carbocycles. The van der Waals surface area contributed by atoms with E-state index >= 15 is 0 Å². The van der Waals surface area contributed by atoms with Gasteiger partial charge in [0.2, 0.25) is 5.91 Å². The largest absolute Gasteiger partial charge is 0.303 e. The van der Waals surface area contributed by atoms with Crippen molar-refractivity contribution in [2.24, 2.45) is 0 Å². The van der Waals surface area contributed by atoms with Crippen molar-refractivity contribution >= 4 is 29.1 Å². The standard InChI is InChI=1S/C11H11NO2S/c1-8(13)6-12-9-4-2-3-5-10(9)15-7-11(12)14/h2-5H,6-7H2,1H3. The van der Waals surface area contributed by atoms with Crippen LogP contribution in [0.2, 0.25) is 0 Å². The average molecular weight is 221 g/mol. The Balaban J connectivity index is 2.37. The number of para-hydroxylation sites is 1. The second-order valence-electron chi connectivity index (χ2n) is 3.44. The Morgan fingerprint density at radius 1 is 1.47 bits per heavy atom. The monoisotopic (exact) mass is 221 g/mol. The van der Waals surface area contributed by atoms with E-state index in [4.69, 9.17) is 0 Å². The predicted molar refractivity (Wildman–Crippen MR) is 60.2 cm³/mol. The Kier molecular flexibility index (Phi) is 2.77. The molecule has 0 N–H and O–H groups in total. The van der Waals surface area contributed by atoms with Crippen LogP contribution >= 0.6 is 11.8 Å². The number of ketones is 1. The van der Waals surface area contributed by atoms with Crippen LogP contribution < -0.4 is 4.90 Å². The minimum absolute atomic E-state index is 0.00468. The van der Waals surface area contributed by atoms with E-state index in [1.54, 1.807) is 4.90 Å². The van der Waals surface area contributed by atoms with Crippen LogP contribution in [-0.4, -0.2) is 24.0 Å². The lowest BCUT2D eigenvalue weighted by molar-refractivity contribution is -0.120. The summed E-state index contributed by atoms with van der Waals surface area (Å²) in [7, 11) is 0. The van der Waals surface area contributed by atoms with Gasteiger partial charge in [-0.2, -0.15) is 0 Å². The Morgan fingerprint density at radius 3 is 2.93 bits per heavy atom. The topological polar surface area (TPSA) is 37.4 Å². The molecular formula is C11H11NO2S. The molecule has 1 aromatic rings. The smallest absolute Gasteiger partial charge is 0.237 e. The van der Waals surface area contributed by atoms with Gasteiger partial charge in [-0.15, -0.1) is 11.8 Å². The fraction of sp³-hybridized carbons (Fsp3) is 0.273. The minimum Gasteiger partial charge on any atom is -0.303 e. The Bertz CT molecular complexity index is 417. The highest BCUT2D eigenvalue weighted by Crippen LogP contribution is 2.34. The maximum absolute atomic E-state index is 11.6. The van der Waals surface area contributed by atoms with E-state index in [0.29, 0.717) is 5.75 Å². The Labute approximate surface area is 92.5 Å². The van der Waals surface area contributed by atoms with Crippen molar-refractivity contribution in [3.05, 3.63) is 24.3 Å². The molecule has 0 aromatic heterocycles. The average Bonchev–Trinajstić information content (AvgIpc) is 2.22. The second-order valence-corrected chi connectivity index (χ2v) is 4.46. The molecule has 78 valence electrons. The van der Waals surface area contributed by atoms with E-state index < -0.39 is 0 Å².